The summed E-state index contributed by atoms with van der Waals surface area (Å²) in [5.74, 6) is 1.03. The minimum absolute atomic E-state index is 0.0898. The van der Waals surface area contributed by atoms with Gasteiger partial charge >= 0.3 is 0 Å². The van der Waals surface area contributed by atoms with Gasteiger partial charge in [-0.05, 0) is 112 Å². The van der Waals surface area contributed by atoms with Crippen molar-refractivity contribution in [3.8, 4) is 11.8 Å². The molecule has 0 spiro atoms. The van der Waals surface area contributed by atoms with Crippen molar-refractivity contribution in [2.45, 2.75) is 84.4 Å². The van der Waals surface area contributed by atoms with Gasteiger partial charge in [-0.2, -0.15) is 9.94 Å². The van der Waals surface area contributed by atoms with E-state index < -0.39 is 11.9 Å². The van der Waals surface area contributed by atoms with E-state index in [9.17, 15) is 24.4 Å². The lowest BCUT2D eigenvalue weighted by atomic mass is 9.49. The number of benzene rings is 3. The smallest absolute Gasteiger partial charge is 0.278 e. The highest BCUT2D eigenvalue weighted by molar-refractivity contribution is 6.31. The Morgan fingerprint density at radius 1 is 0.803 bits per heavy atom. The molecule has 0 bridgehead atoms. The highest BCUT2D eigenvalue weighted by Gasteiger charge is 2.64. The third kappa shape index (κ3) is 9.24. The number of nitrogens with zero attached hydrogens (tertiary/aromatic N) is 8. The van der Waals surface area contributed by atoms with Crippen molar-refractivity contribution in [3.63, 3.8) is 0 Å². The third-order valence-corrected chi connectivity index (χ3v) is 15.5. The molecule has 66 heavy (non-hydrogen) atoms. The van der Waals surface area contributed by atoms with E-state index in [0.717, 1.165) is 94.3 Å². The monoisotopic (exact) mass is 916 g/mol. The van der Waals surface area contributed by atoms with Crippen LogP contribution in [0.3, 0.4) is 0 Å². The molecular formula is C50H61ClN10O5. The van der Waals surface area contributed by atoms with Crippen LogP contribution in [-0.2, 0) is 9.59 Å². The molecule has 4 aliphatic heterocycles. The van der Waals surface area contributed by atoms with Gasteiger partial charge in [0.1, 0.15) is 29.5 Å². The molecule has 1 saturated carbocycles. The summed E-state index contributed by atoms with van der Waals surface area (Å²) in [5, 5.41) is 23.9. The van der Waals surface area contributed by atoms with Crippen LogP contribution in [0.1, 0.15) is 88.2 Å². The Morgan fingerprint density at radius 2 is 1.42 bits per heavy atom. The summed E-state index contributed by atoms with van der Waals surface area (Å²) in [6.07, 6.45) is 4.89. The van der Waals surface area contributed by atoms with Gasteiger partial charge in [0.25, 0.3) is 17.4 Å². The summed E-state index contributed by atoms with van der Waals surface area (Å²) in [7, 11) is 0. The predicted molar refractivity (Wildman–Crippen MR) is 254 cm³/mol. The van der Waals surface area contributed by atoms with Gasteiger partial charge in [-0.15, -0.1) is 5.10 Å². The topological polar surface area (TPSA) is 169 Å². The van der Waals surface area contributed by atoms with Gasteiger partial charge in [-0.1, -0.05) is 44.5 Å². The fourth-order valence-corrected chi connectivity index (χ4v) is 11.8. The van der Waals surface area contributed by atoms with Gasteiger partial charge in [0, 0.05) is 98.7 Å². The van der Waals surface area contributed by atoms with E-state index in [0.29, 0.717) is 44.6 Å². The van der Waals surface area contributed by atoms with Gasteiger partial charge in [0.05, 0.1) is 16.0 Å². The first kappa shape index (κ1) is 45.6. The van der Waals surface area contributed by atoms with Crippen molar-refractivity contribution >= 4 is 51.6 Å². The van der Waals surface area contributed by atoms with Gasteiger partial charge in [-0.25, -0.2) is 0 Å². The zero-order chi connectivity index (χ0) is 46.3. The number of halogens is 1. The molecule has 1 unspecified atom stereocenters. The van der Waals surface area contributed by atoms with Gasteiger partial charge in [0.2, 0.25) is 5.91 Å². The van der Waals surface area contributed by atoms with Crippen LogP contribution in [0, 0.1) is 34.0 Å². The molecule has 5 heterocycles. The highest BCUT2D eigenvalue weighted by Crippen LogP contribution is 2.55. The van der Waals surface area contributed by atoms with Crippen LogP contribution < -0.4 is 30.7 Å². The minimum atomic E-state index is -0.838. The van der Waals surface area contributed by atoms with Crippen molar-refractivity contribution in [3.05, 3.63) is 87.2 Å². The number of likely N-dealkylation sites (tertiary alicyclic amines) is 1. The van der Waals surface area contributed by atoms with Crippen LogP contribution in [0.2, 0.25) is 5.02 Å². The number of nitriles is 1. The summed E-state index contributed by atoms with van der Waals surface area (Å²) >= 11 is 6.27. The first-order chi connectivity index (χ1) is 31.7. The standard InChI is InChI=1S/C50H61ClN10O5/c1-49(2)47(50(3,4)48(49)66-38-11-7-35(29-52)40(51)28-38)54-44(63)34-5-8-36(9-6-34)60-25-23-58(24-26-60)31-32-15-19-57(20-16-32)30-33-17-21-59(22-18-33)37-10-12-41-39(27-37)46(65)61(56-55-41)42-13-14-43(62)53-45(42)64/h5-12,27-28,32-33,42,47-48H,13-26,30-31H2,1-4H3,(H,54,63)(H,53,62,64)/t42?,47-,48-. The van der Waals surface area contributed by atoms with E-state index >= 15 is 0 Å². The van der Waals surface area contributed by atoms with E-state index in [1.807, 2.05) is 30.3 Å². The van der Waals surface area contributed by atoms with Crippen LogP contribution in [0.4, 0.5) is 11.4 Å². The maximum absolute atomic E-state index is 13.6. The summed E-state index contributed by atoms with van der Waals surface area (Å²) in [6, 6.07) is 20.0. The van der Waals surface area contributed by atoms with Crippen LogP contribution in [0.25, 0.3) is 10.9 Å². The number of hydrogen-bond donors (Lipinski definition) is 2. The van der Waals surface area contributed by atoms with Crippen molar-refractivity contribution in [2.24, 2.45) is 22.7 Å². The lowest BCUT2D eigenvalue weighted by Crippen LogP contribution is -2.74. The molecule has 2 N–H and O–H groups in total. The second-order valence-corrected chi connectivity index (χ2v) is 20.7. The number of nitrogens with one attached hydrogen (secondary N) is 2. The molecule has 4 saturated heterocycles. The minimum Gasteiger partial charge on any atom is -0.489 e. The number of piperazine rings is 1. The summed E-state index contributed by atoms with van der Waals surface area (Å²) in [5.41, 5.74) is 2.64. The zero-order valence-corrected chi connectivity index (χ0v) is 39.2. The summed E-state index contributed by atoms with van der Waals surface area (Å²) in [6.45, 7) is 18.9. The summed E-state index contributed by atoms with van der Waals surface area (Å²) < 4.78 is 7.53. The molecule has 3 amide bonds. The molecule has 3 aromatic carbocycles. The number of ether oxygens (including phenoxy) is 1. The lowest BCUT2D eigenvalue weighted by Gasteiger charge is -2.63. The third-order valence-electron chi connectivity index (χ3n) is 15.2. The lowest BCUT2D eigenvalue weighted by molar-refractivity contribution is -0.164. The Balaban J connectivity index is 0.687. The fourth-order valence-electron chi connectivity index (χ4n) is 11.6. The maximum Gasteiger partial charge on any atom is 0.278 e. The van der Waals surface area contributed by atoms with Crippen molar-refractivity contribution in [2.75, 3.05) is 75.2 Å². The molecule has 5 aliphatic rings. The van der Waals surface area contributed by atoms with Crippen molar-refractivity contribution < 1.29 is 19.1 Å². The van der Waals surface area contributed by atoms with Gasteiger partial charge < -0.3 is 24.8 Å². The second kappa shape index (κ2) is 18.6. The number of fused-ring (bicyclic) bond motifs is 1. The number of amides is 3. The first-order valence-electron chi connectivity index (χ1n) is 23.6. The Labute approximate surface area is 391 Å². The Hall–Kier alpha value is -5.56. The quantitative estimate of drug-likeness (QED) is 0.178. The molecule has 16 heteroatoms. The highest BCUT2D eigenvalue weighted by atomic mass is 35.5. The van der Waals surface area contributed by atoms with Gasteiger partial charge in [-0.3, -0.25) is 29.4 Å². The molecule has 15 nitrogen and oxygen atoms in total. The molecule has 4 aromatic rings. The molecular weight excluding hydrogens is 856 g/mol. The Morgan fingerprint density at radius 3 is 2.06 bits per heavy atom. The summed E-state index contributed by atoms with van der Waals surface area (Å²) in [4.78, 5) is 61.2. The van der Waals surface area contributed by atoms with E-state index in [2.05, 4.69) is 86.4 Å². The van der Waals surface area contributed by atoms with Crippen LogP contribution >= 0.6 is 11.6 Å². The van der Waals surface area contributed by atoms with Crippen LogP contribution in [0.15, 0.2) is 65.5 Å². The first-order valence-corrected chi connectivity index (χ1v) is 24.0. The number of aromatic nitrogens is 3. The maximum atomic E-state index is 13.6. The number of piperidine rings is 3. The number of imide groups is 1. The number of carbonyl (C=O) groups excluding carboxylic acids is 3. The van der Waals surface area contributed by atoms with Gasteiger partial charge in [0.15, 0.2) is 0 Å². The molecule has 9 rings (SSSR count). The predicted octanol–water partition coefficient (Wildman–Crippen LogP) is 5.66. The second-order valence-electron chi connectivity index (χ2n) is 20.3. The number of rotatable bonds is 11. The van der Waals surface area contributed by atoms with E-state index in [-0.39, 0.29) is 53.2 Å². The largest absolute Gasteiger partial charge is 0.489 e. The van der Waals surface area contributed by atoms with Crippen molar-refractivity contribution in [1.82, 2.24) is 35.4 Å². The zero-order valence-electron chi connectivity index (χ0n) is 38.5. The van der Waals surface area contributed by atoms with Crippen LogP contribution in [0.5, 0.6) is 5.75 Å². The van der Waals surface area contributed by atoms with E-state index in [4.69, 9.17) is 16.3 Å². The molecule has 0 radical (unpaired) electrons. The molecule has 348 valence electrons. The van der Waals surface area contributed by atoms with Crippen LogP contribution in [-0.4, -0.2) is 120 Å². The van der Waals surface area contributed by atoms with Crippen molar-refractivity contribution in [1.29, 1.82) is 5.26 Å². The average molecular weight is 918 g/mol. The Bertz CT molecular complexity index is 2550. The molecule has 5 fully saturated rings. The number of anilines is 2. The van der Waals surface area contributed by atoms with E-state index in [1.54, 1.807) is 18.2 Å². The molecule has 1 aromatic heterocycles. The molecule has 1 atom stereocenters. The SMILES string of the molecule is CC1(C)[C@H](NC(=O)c2ccc(N3CCN(CC4CCN(CC5CCN(c6ccc7nnn(C8CCC(=O)NC8=O)c(=O)c7c6)CC5)CC4)CC3)cc2)C(C)(C)[C@H]1Oc1ccc(C#N)c(Cl)c1. The fraction of sp³-hybridized carbons (Fsp3) is 0.540. The van der Waals surface area contributed by atoms with E-state index in [1.165, 1.54) is 12.8 Å². The molecule has 1 aliphatic carbocycles. The Kier molecular flexibility index (Phi) is 12.9. The number of carbonyl (C=O) groups is 3. The average Bonchev–Trinajstić information content (AvgIpc) is 3.31. The normalized spacial score (nSPS) is 24.1. The number of hydrogen-bond acceptors (Lipinski definition) is 12.